The Hall–Kier alpha value is -3.36. The summed E-state index contributed by atoms with van der Waals surface area (Å²) < 4.78 is 27.5. The molecular weight excluding hydrogens is 475 g/mol. The lowest BCUT2D eigenvalue weighted by Crippen LogP contribution is -2.04. The van der Waals surface area contributed by atoms with E-state index in [2.05, 4.69) is 4.98 Å². The number of hydrogen-bond acceptors (Lipinski definition) is 6. The van der Waals surface area contributed by atoms with Gasteiger partial charge in [0.2, 0.25) is 5.89 Å². The Balaban J connectivity index is 1.47. The number of aryl methyl sites for hydroxylation is 1. The largest absolute Gasteiger partial charge is 0.497 e. The van der Waals surface area contributed by atoms with E-state index in [1.165, 1.54) is 17.8 Å². The summed E-state index contributed by atoms with van der Waals surface area (Å²) >= 11 is 7.64. The molecule has 0 unspecified atom stereocenters. The van der Waals surface area contributed by atoms with Crippen molar-refractivity contribution in [2.45, 2.75) is 24.4 Å². The third kappa shape index (κ3) is 4.38. The summed E-state index contributed by atoms with van der Waals surface area (Å²) in [5.41, 5.74) is 3.74. The van der Waals surface area contributed by atoms with Crippen LogP contribution < -0.4 is 4.74 Å². The third-order valence-corrected chi connectivity index (χ3v) is 6.82. The van der Waals surface area contributed by atoms with E-state index in [-0.39, 0.29) is 5.82 Å². The van der Waals surface area contributed by atoms with Crippen LogP contribution in [0.1, 0.15) is 17.0 Å². The Morgan fingerprint density at radius 2 is 1.94 bits per heavy atom. The molecule has 2 aromatic carbocycles. The first-order valence-corrected chi connectivity index (χ1v) is 11.9. The number of rotatable bonds is 7. The van der Waals surface area contributed by atoms with E-state index >= 15 is 0 Å². The van der Waals surface area contributed by atoms with E-state index in [1.807, 2.05) is 41.8 Å². The molecule has 3 aromatic heterocycles. The summed E-state index contributed by atoms with van der Waals surface area (Å²) in [6, 6.07) is 14.1. The second-order valence-corrected chi connectivity index (χ2v) is 8.93. The number of halogens is 2. The maximum atomic E-state index is 14.3. The molecule has 0 N–H and O–H groups in total. The molecule has 0 aliphatic heterocycles. The molecule has 0 fully saturated rings. The van der Waals surface area contributed by atoms with Crippen LogP contribution in [0.25, 0.3) is 22.5 Å². The number of thioether (sulfide) groups is 1. The van der Waals surface area contributed by atoms with Gasteiger partial charge in [0.25, 0.3) is 0 Å². The highest BCUT2D eigenvalue weighted by Crippen LogP contribution is 2.32. The van der Waals surface area contributed by atoms with E-state index in [0.29, 0.717) is 34.5 Å². The molecule has 0 spiro atoms. The predicted octanol–water partition coefficient (Wildman–Crippen LogP) is 6.54. The summed E-state index contributed by atoms with van der Waals surface area (Å²) in [6.45, 7) is 2.32. The second kappa shape index (κ2) is 9.48. The molecule has 172 valence electrons. The van der Waals surface area contributed by atoms with E-state index in [1.54, 1.807) is 31.6 Å². The van der Waals surface area contributed by atoms with Crippen LogP contribution in [0.4, 0.5) is 4.39 Å². The van der Waals surface area contributed by atoms with E-state index < -0.39 is 0 Å². The van der Waals surface area contributed by atoms with Crippen LogP contribution in [0, 0.1) is 12.7 Å². The fourth-order valence-electron chi connectivity index (χ4n) is 3.60. The maximum absolute atomic E-state index is 14.3. The minimum atomic E-state index is -0.333. The van der Waals surface area contributed by atoms with E-state index in [9.17, 15) is 4.39 Å². The van der Waals surface area contributed by atoms with Gasteiger partial charge in [-0.2, -0.15) is 0 Å². The lowest BCUT2D eigenvalue weighted by molar-refractivity contribution is 0.415. The molecular formula is C25H20ClFN4O2S. The van der Waals surface area contributed by atoms with Gasteiger partial charge >= 0.3 is 0 Å². The molecule has 0 radical (unpaired) electrons. The molecule has 5 aromatic rings. The van der Waals surface area contributed by atoms with Gasteiger partial charge in [-0.15, -0.1) is 0 Å². The summed E-state index contributed by atoms with van der Waals surface area (Å²) in [7, 11) is 1.63. The Bertz CT molecular complexity index is 1450. The number of pyridine rings is 1. The highest BCUT2D eigenvalue weighted by molar-refractivity contribution is 7.98. The molecule has 0 atom stereocenters. The van der Waals surface area contributed by atoms with Gasteiger partial charge in [0.1, 0.15) is 23.0 Å². The molecule has 0 aliphatic carbocycles. The average molecular weight is 495 g/mol. The Morgan fingerprint density at radius 1 is 1.12 bits per heavy atom. The van der Waals surface area contributed by atoms with Crippen LogP contribution in [0.2, 0.25) is 5.02 Å². The Labute approximate surface area is 204 Å². The molecule has 0 aliphatic rings. The lowest BCUT2D eigenvalue weighted by atomic mass is 10.2. The monoisotopic (exact) mass is 494 g/mol. The topological polar surface area (TPSA) is 66.0 Å². The van der Waals surface area contributed by atoms with Crippen LogP contribution in [-0.2, 0) is 12.3 Å². The average Bonchev–Trinajstić information content (AvgIpc) is 3.39. The standard InChI is InChI=1S/C25H20ClFN4O2S/c1-15-22(29-24(33-15)16-6-8-17(32-2)9-7-16)13-31-23-12-28-11-10-21(23)30-25(31)34-14-18-19(26)4-3-5-20(18)27/h3-12H,13-14H2,1-2H3. The minimum absolute atomic E-state index is 0.333. The first kappa shape index (κ1) is 22.4. The van der Waals surface area contributed by atoms with Gasteiger partial charge in [-0.3, -0.25) is 4.98 Å². The van der Waals surface area contributed by atoms with Crippen LogP contribution in [-0.4, -0.2) is 26.6 Å². The van der Waals surface area contributed by atoms with E-state index in [0.717, 1.165) is 33.2 Å². The first-order chi connectivity index (χ1) is 16.5. The van der Waals surface area contributed by atoms with Crippen molar-refractivity contribution < 1.29 is 13.5 Å². The van der Waals surface area contributed by atoms with Crippen LogP contribution in [0.15, 0.2) is 70.5 Å². The first-order valence-electron chi connectivity index (χ1n) is 10.5. The van der Waals surface area contributed by atoms with Gasteiger partial charge in [-0.25, -0.2) is 14.4 Å². The van der Waals surface area contributed by atoms with Gasteiger partial charge in [-0.05, 0) is 49.4 Å². The van der Waals surface area contributed by atoms with Crippen molar-refractivity contribution in [3.05, 3.63) is 88.8 Å². The number of ether oxygens (including phenoxy) is 1. The zero-order valence-electron chi connectivity index (χ0n) is 18.5. The lowest BCUT2D eigenvalue weighted by Gasteiger charge is -2.09. The van der Waals surface area contributed by atoms with Gasteiger partial charge in [-0.1, -0.05) is 29.4 Å². The fourth-order valence-corrected chi connectivity index (χ4v) is 4.96. The number of methoxy groups -OCH3 is 1. The van der Waals surface area contributed by atoms with Gasteiger partial charge in [0, 0.05) is 28.1 Å². The van der Waals surface area contributed by atoms with Crippen molar-refractivity contribution in [2.24, 2.45) is 0 Å². The number of fused-ring (bicyclic) bond motifs is 1. The zero-order valence-corrected chi connectivity index (χ0v) is 20.0. The Kier molecular flexibility index (Phi) is 6.26. The smallest absolute Gasteiger partial charge is 0.226 e. The molecule has 3 heterocycles. The van der Waals surface area contributed by atoms with E-state index in [4.69, 9.17) is 30.7 Å². The van der Waals surface area contributed by atoms with Crippen molar-refractivity contribution in [1.82, 2.24) is 19.5 Å². The number of oxazole rings is 1. The van der Waals surface area contributed by atoms with Crippen LogP contribution in [0.5, 0.6) is 5.75 Å². The Morgan fingerprint density at radius 3 is 2.71 bits per heavy atom. The van der Waals surface area contributed by atoms with Crippen molar-refractivity contribution >= 4 is 34.4 Å². The highest BCUT2D eigenvalue weighted by atomic mass is 35.5. The molecule has 0 bridgehead atoms. The number of hydrogen-bond donors (Lipinski definition) is 0. The molecule has 5 rings (SSSR count). The summed E-state index contributed by atoms with van der Waals surface area (Å²) in [5.74, 6) is 2.02. The molecule has 0 saturated carbocycles. The summed E-state index contributed by atoms with van der Waals surface area (Å²) in [5, 5.41) is 1.11. The number of nitrogens with zero attached hydrogens (tertiary/aromatic N) is 4. The number of imidazole rings is 1. The van der Waals surface area contributed by atoms with Crippen molar-refractivity contribution in [1.29, 1.82) is 0 Å². The van der Waals surface area contributed by atoms with Crippen LogP contribution >= 0.6 is 23.4 Å². The quantitative estimate of drug-likeness (QED) is 0.239. The molecule has 9 heteroatoms. The molecule has 6 nitrogen and oxygen atoms in total. The fraction of sp³-hybridized carbons (Fsp3) is 0.160. The van der Waals surface area contributed by atoms with Crippen LogP contribution in [0.3, 0.4) is 0 Å². The van der Waals surface area contributed by atoms with Gasteiger partial charge in [0.05, 0.1) is 30.9 Å². The normalized spacial score (nSPS) is 11.3. The SMILES string of the molecule is COc1ccc(-c2nc(Cn3c(SCc4c(F)cccc4Cl)nc4ccncc43)c(C)o2)cc1. The second-order valence-electron chi connectivity index (χ2n) is 7.58. The highest BCUT2D eigenvalue weighted by Gasteiger charge is 2.18. The maximum Gasteiger partial charge on any atom is 0.226 e. The predicted molar refractivity (Wildman–Crippen MR) is 131 cm³/mol. The molecule has 0 saturated heterocycles. The summed E-state index contributed by atoms with van der Waals surface area (Å²) in [4.78, 5) is 13.7. The summed E-state index contributed by atoms with van der Waals surface area (Å²) in [6.07, 6.45) is 3.47. The minimum Gasteiger partial charge on any atom is -0.497 e. The van der Waals surface area contributed by atoms with Crippen molar-refractivity contribution in [2.75, 3.05) is 7.11 Å². The zero-order chi connectivity index (χ0) is 23.7. The molecule has 0 amide bonds. The van der Waals surface area contributed by atoms with Crippen molar-refractivity contribution in [3.63, 3.8) is 0 Å². The molecule has 34 heavy (non-hydrogen) atoms. The van der Waals surface area contributed by atoms with Gasteiger partial charge < -0.3 is 13.7 Å². The van der Waals surface area contributed by atoms with Crippen molar-refractivity contribution in [3.8, 4) is 17.2 Å². The number of benzene rings is 2. The third-order valence-electron chi connectivity index (χ3n) is 5.46. The van der Waals surface area contributed by atoms with Gasteiger partial charge in [0.15, 0.2) is 5.16 Å². The number of aromatic nitrogens is 4.